The van der Waals surface area contributed by atoms with Crippen LogP contribution >= 0.6 is 11.3 Å². The van der Waals surface area contributed by atoms with E-state index in [1.807, 2.05) is 0 Å². The molecule has 1 fully saturated rings. The van der Waals surface area contributed by atoms with Crippen molar-refractivity contribution in [2.45, 2.75) is 49.9 Å². The molecule has 3 N–H and O–H groups in total. The zero-order valence-electron chi connectivity index (χ0n) is 16.5. The Morgan fingerprint density at radius 1 is 1.30 bits per heavy atom. The van der Waals surface area contributed by atoms with Gasteiger partial charge >= 0.3 is 6.18 Å². The average molecular weight is 495 g/mol. The van der Waals surface area contributed by atoms with Crippen LogP contribution in [-0.2, 0) is 6.18 Å². The highest BCUT2D eigenvalue weighted by Crippen LogP contribution is 2.39. The molecule has 0 bridgehead atoms. The fourth-order valence-electron chi connectivity index (χ4n) is 3.73. The summed E-state index contributed by atoms with van der Waals surface area (Å²) in [4.78, 5) is 15.8. The van der Waals surface area contributed by atoms with E-state index in [2.05, 4.69) is 15.4 Å². The van der Waals surface area contributed by atoms with E-state index in [-0.39, 0.29) is 29.6 Å². The molecule has 0 radical (unpaired) electrons. The molecule has 3 aromatic heterocycles. The molecule has 3 heterocycles. The molecule has 1 amide bonds. The number of hydrogen-bond donors (Lipinski definition) is 2. The molecular weight excluding hydrogens is 479 g/mol. The van der Waals surface area contributed by atoms with Gasteiger partial charge < -0.3 is 11.1 Å². The zero-order chi connectivity index (χ0) is 24.1. The van der Waals surface area contributed by atoms with Crippen molar-refractivity contribution in [3.63, 3.8) is 0 Å². The largest absolute Gasteiger partial charge is 0.417 e. The Morgan fingerprint density at radius 3 is 2.67 bits per heavy atom. The van der Waals surface area contributed by atoms with Crippen molar-refractivity contribution >= 4 is 22.8 Å². The number of thiazole rings is 1. The second-order valence-electron chi connectivity index (χ2n) is 7.60. The fraction of sp³-hybridized carbons (Fsp3) is 0.421. The maximum Gasteiger partial charge on any atom is 0.417 e. The summed E-state index contributed by atoms with van der Waals surface area (Å²) in [5.74, 6) is -4.36. The van der Waals surface area contributed by atoms with Crippen molar-refractivity contribution < 1.29 is 35.5 Å². The van der Waals surface area contributed by atoms with Crippen LogP contribution in [0.15, 0.2) is 24.5 Å². The van der Waals surface area contributed by atoms with E-state index in [0.29, 0.717) is 17.5 Å². The third-order valence-electron chi connectivity index (χ3n) is 5.36. The van der Waals surface area contributed by atoms with E-state index in [9.17, 15) is 35.5 Å². The van der Waals surface area contributed by atoms with E-state index >= 15 is 0 Å². The highest BCUT2D eigenvalue weighted by molar-refractivity contribution is 7.14. The zero-order valence-corrected chi connectivity index (χ0v) is 17.4. The monoisotopic (exact) mass is 495 g/mol. The van der Waals surface area contributed by atoms with Crippen LogP contribution in [0.2, 0.25) is 0 Å². The van der Waals surface area contributed by atoms with Gasteiger partial charge in [0, 0.05) is 24.2 Å². The van der Waals surface area contributed by atoms with Crippen LogP contribution in [0.5, 0.6) is 0 Å². The van der Waals surface area contributed by atoms with Crippen LogP contribution in [-0.4, -0.2) is 38.5 Å². The number of pyridine rings is 1. The first-order chi connectivity index (χ1) is 15.4. The van der Waals surface area contributed by atoms with Gasteiger partial charge in [-0.3, -0.25) is 4.79 Å². The summed E-state index contributed by atoms with van der Waals surface area (Å²) in [7, 11) is 0. The maximum atomic E-state index is 14.2. The highest BCUT2D eigenvalue weighted by atomic mass is 32.1. The van der Waals surface area contributed by atoms with Crippen LogP contribution in [0, 0.1) is 0 Å². The minimum Gasteiger partial charge on any atom is -0.340 e. The van der Waals surface area contributed by atoms with Gasteiger partial charge in [-0.2, -0.15) is 18.3 Å². The first-order valence-corrected chi connectivity index (χ1v) is 10.5. The van der Waals surface area contributed by atoms with E-state index < -0.39 is 58.4 Å². The fourth-order valence-corrected chi connectivity index (χ4v) is 4.57. The number of fused-ring (bicyclic) bond motifs is 1. The first-order valence-electron chi connectivity index (χ1n) is 9.66. The van der Waals surface area contributed by atoms with Gasteiger partial charge in [0.1, 0.15) is 6.04 Å². The maximum absolute atomic E-state index is 14.2. The summed E-state index contributed by atoms with van der Waals surface area (Å²) in [5, 5.41) is 5.37. The summed E-state index contributed by atoms with van der Waals surface area (Å²) >= 11 is 0.304. The Labute approximate surface area is 185 Å². The molecule has 1 aliphatic rings. The van der Waals surface area contributed by atoms with Gasteiger partial charge in [-0.1, -0.05) is 0 Å². The van der Waals surface area contributed by atoms with Crippen LogP contribution in [0.3, 0.4) is 0 Å². The van der Waals surface area contributed by atoms with Crippen LogP contribution < -0.4 is 11.1 Å². The number of carbonyl (C=O) groups excluding carboxylic acids is 1. The lowest BCUT2D eigenvalue weighted by Crippen LogP contribution is -2.59. The normalized spacial score (nSPS) is 21.0. The number of halogens is 7. The van der Waals surface area contributed by atoms with Crippen molar-refractivity contribution in [3.8, 4) is 11.3 Å². The van der Waals surface area contributed by atoms with E-state index in [0.717, 1.165) is 22.8 Å². The molecule has 1 aliphatic carbocycles. The molecule has 2 unspecified atom stereocenters. The van der Waals surface area contributed by atoms with Gasteiger partial charge in [0.2, 0.25) is 0 Å². The molecule has 2 atom stereocenters. The summed E-state index contributed by atoms with van der Waals surface area (Å²) in [6.07, 6.45) is -6.02. The highest BCUT2D eigenvalue weighted by Gasteiger charge is 2.47. The number of aromatic nitrogens is 3. The van der Waals surface area contributed by atoms with Crippen molar-refractivity contribution in [2.75, 3.05) is 0 Å². The first kappa shape index (κ1) is 23.4. The molecule has 1 saturated carbocycles. The average Bonchev–Trinajstić information content (AvgIpc) is 3.33. The SMILES string of the molecule is NC1CCCC(F)(F)C1NC(=O)c1nc(-c2cnn3cc(C(F)(F)F)ccc23)c(C(F)F)s1. The Balaban J connectivity index is 1.70. The van der Waals surface area contributed by atoms with Gasteiger partial charge in [-0.05, 0) is 25.0 Å². The predicted octanol–water partition coefficient (Wildman–Crippen LogP) is 4.66. The van der Waals surface area contributed by atoms with Crippen molar-refractivity contribution in [1.29, 1.82) is 0 Å². The number of amides is 1. The number of nitrogens with one attached hydrogen (secondary N) is 1. The Kier molecular flexibility index (Phi) is 5.85. The summed E-state index contributed by atoms with van der Waals surface area (Å²) < 4.78 is 95.4. The molecule has 4 rings (SSSR count). The number of hydrogen-bond acceptors (Lipinski definition) is 5. The smallest absolute Gasteiger partial charge is 0.340 e. The molecule has 3 aromatic rings. The van der Waals surface area contributed by atoms with Crippen molar-refractivity contribution in [3.05, 3.63) is 40.0 Å². The quantitative estimate of drug-likeness (QED) is 0.516. The van der Waals surface area contributed by atoms with Gasteiger partial charge in [0.15, 0.2) is 5.01 Å². The second kappa shape index (κ2) is 8.24. The molecule has 0 saturated heterocycles. The number of carbonyl (C=O) groups is 1. The topological polar surface area (TPSA) is 85.3 Å². The van der Waals surface area contributed by atoms with Gasteiger partial charge in [0.25, 0.3) is 18.3 Å². The number of nitrogens with zero attached hydrogens (tertiary/aromatic N) is 3. The third kappa shape index (κ3) is 4.40. The van der Waals surface area contributed by atoms with Crippen LogP contribution in [0.1, 0.15) is 45.9 Å². The minimum atomic E-state index is -4.64. The summed E-state index contributed by atoms with van der Waals surface area (Å²) in [6, 6.07) is -0.899. The lowest BCUT2D eigenvalue weighted by Gasteiger charge is -2.36. The number of alkyl halides is 7. The molecule has 0 aliphatic heterocycles. The van der Waals surface area contributed by atoms with Crippen molar-refractivity contribution in [2.24, 2.45) is 5.73 Å². The minimum absolute atomic E-state index is 0.0333. The Morgan fingerprint density at radius 2 is 2.03 bits per heavy atom. The second-order valence-corrected chi connectivity index (χ2v) is 8.64. The standard InChI is InChI=1S/C19H16F7N5OS/c20-15(21)13-12(9-6-28-31-7-8(19(24,25)26)3-4-11(9)31)29-17(33-13)16(32)30-14-10(27)2-1-5-18(14,22)23/h3-4,6-7,10,14-15H,1-2,5,27H2,(H,30,32). The predicted molar refractivity (Wildman–Crippen MR) is 104 cm³/mol. The Hall–Kier alpha value is -2.74. The van der Waals surface area contributed by atoms with Crippen LogP contribution in [0.4, 0.5) is 30.7 Å². The van der Waals surface area contributed by atoms with E-state index in [1.165, 1.54) is 0 Å². The van der Waals surface area contributed by atoms with Gasteiger partial charge in [-0.15, -0.1) is 11.3 Å². The van der Waals surface area contributed by atoms with Gasteiger partial charge in [0.05, 0.1) is 27.8 Å². The summed E-state index contributed by atoms with van der Waals surface area (Å²) in [6.45, 7) is 0. The molecule has 178 valence electrons. The van der Waals surface area contributed by atoms with Gasteiger partial charge in [-0.25, -0.2) is 27.1 Å². The Bertz CT molecular complexity index is 1190. The third-order valence-corrected chi connectivity index (χ3v) is 6.42. The molecule has 6 nitrogen and oxygen atoms in total. The van der Waals surface area contributed by atoms with E-state index in [1.54, 1.807) is 0 Å². The van der Waals surface area contributed by atoms with Crippen LogP contribution in [0.25, 0.3) is 16.8 Å². The molecule has 0 spiro atoms. The molecule has 0 aromatic carbocycles. The number of rotatable bonds is 4. The van der Waals surface area contributed by atoms with Crippen molar-refractivity contribution in [1.82, 2.24) is 19.9 Å². The molecular formula is C19H16F7N5OS. The number of nitrogens with two attached hydrogens (primary N) is 1. The lowest BCUT2D eigenvalue weighted by atomic mass is 9.87. The lowest BCUT2D eigenvalue weighted by molar-refractivity contribution is -0.137. The van der Waals surface area contributed by atoms with E-state index in [4.69, 9.17) is 5.73 Å². The molecule has 14 heteroatoms. The molecule has 33 heavy (non-hydrogen) atoms. The summed E-state index contributed by atoms with van der Waals surface area (Å²) in [5.41, 5.74) is 4.37.